The van der Waals surface area contributed by atoms with Gasteiger partial charge in [0.25, 0.3) is 0 Å². The van der Waals surface area contributed by atoms with E-state index in [0.29, 0.717) is 13.0 Å². The first-order valence-corrected chi connectivity index (χ1v) is 9.14. The number of benzene rings is 2. The summed E-state index contributed by atoms with van der Waals surface area (Å²) in [5.74, 6) is -0.192. The molecule has 0 aromatic heterocycles. The van der Waals surface area contributed by atoms with E-state index in [-0.39, 0.29) is 17.8 Å². The molecule has 1 aliphatic rings. The van der Waals surface area contributed by atoms with Crippen LogP contribution >= 0.6 is 0 Å². The van der Waals surface area contributed by atoms with E-state index < -0.39 is 0 Å². The average Bonchev–Trinajstić information content (AvgIpc) is 2.69. The Morgan fingerprint density at radius 3 is 2.54 bits per heavy atom. The van der Waals surface area contributed by atoms with Crippen molar-refractivity contribution in [1.82, 2.24) is 10.2 Å². The normalized spacial score (nSPS) is 16.0. The van der Waals surface area contributed by atoms with Gasteiger partial charge in [-0.1, -0.05) is 48.5 Å². The molecule has 0 unspecified atom stereocenters. The molecule has 1 atom stereocenters. The molecule has 1 aliphatic heterocycles. The molecule has 26 heavy (non-hydrogen) atoms. The summed E-state index contributed by atoms with van der Waals surface area (Å²) in [5.41, 5.74) is 3.64. The molecule has 0 saturated heterocycles. The highest BCUT2D eigenvalue weighted by molar-refractivity contribution is 5.81. The first-order valence-electron chi connectivity index (χ1n) is 9.14. The number of carbonyl (C=O) groups is 1. The summed E-state index contributed by atoms with van der Waals surface area (Å²) in [4.78, 5) is 14.6. The van der Waals surface area contributed by atoms with Crippen LogP contribution in [0, 0.1) is 5.82 Å². The fraction of sp³-hybridized carbons (Fsp3) is 0.318. The van der Waals surface area contributed by atoms with E-state index in [4.69, 9.17) is 0 Å². The van der Waals surface area contributed by atoms with E-state index in [1.54, 1.807) is 12.1 Å². The predicted molar refractivity (Wildman–Crippen MR) is 103 cm³/mol. The maximum atomic E-state index is 12.9. The van der Waals surface area contributed by atoms with Crippen LogP contribution in [0.4, 0.5) is 4.39 Å². The lowest BCUT2D eigenvalue weighted by Gasteiger charge is -2.31. The minimum Gasteiger partial charge on any atom is -0.354 e. The number of hydrogen-bond acceptors (Lipinski definition) is 2. The minimum absolute atomic E-state index is 0.0451. The molecule has 0 fully saturated rings. The summed E-state index contributed by atoms with van der Waals surface area (Å²) >= 11 is 0. The maximum absolute atomic E-state index is 12.9. The Hall–Kier alpha value is -2.46. The smallest absolute Gasteiger partial charge is 0.237 e. The van der Waals surface area contributed by atoms with E-state index in [9.17, 15) is 9.18 Å². The van der Waals surface area contributed by atoms with Gasteiger partial charge in [0.2, 0.25) is 5.91 Å². The van der Waals surface area contributed by atoms with Crippen molar-refractivity contribution in [3.8, 4) is 0 Å². The van der Waals surface area contributed by atoms with E-state index in [1.807, 2.05) is 13.0 Å². The minimum atomic E-state index is -0.237. The molecular formula is C22H25FN2O. The van der Waals surface area contributed by atoms with Gasteiger partial charge in [-0.05, 0) is 48.6 Å². The Labute approximate surface area is 154 Å². The molecule has 2 aromatic rings. The van der Waals surface area contributed by atoms with Gasteiger partial charge >= 0.3 is 0 Å². The van der Waals surface area contributed by atoms with Gasteiger partial charge in [-0.2, -0.15) is 0 Å². The van der Waals surface area contributed by atoms with Gasteiger partial charge in [-0.3, -0.25) is 9.69 Å². The summed E-state index contributed by atoms with van der Waals surface area (Å²) in [7, 11) is 0. The van der Waals surface area contributed by atoms with Crippen molar-refractivity contribution in [2.75, 3.05) is 19.6 Å². The lowest BCUT2D eigenvalue weighted by molar-refractivity contribution is -0.125. The first kappa shape index (κ1) is 18.3. The van der Waals surface area contributed by atoms with Crippen molar-refractivity contribution < 1.29 is 9.18 Å². The lowest BCUT2D eigenvalue weighted by atomic mass is 9.99. The van der Waals surface area contributed by atoms with Crippen LogP contribution in [0.15, 0.2) is 60.7 Å². The molecule has 1 amide bonds. The lowest BCUT2D eigenvalue weighted by Crippen LogP contribution is -2.47. The maximum Gasteiger partial charge on any atom is 0.237 e. The van der Waals surface area contributed by atoms with Crippen molar-refractivity contribution in [2.24, 2.45) is 0 Å². The number of nitrogens with one attached hydrogen (secondary N) is 1. The van der Waals surface area contributed by atoms with Crippen molar-refractivity contribution in [3.05, 3.63) is 77.6 Å². The van der Waals surface area contributed by atoms with Crippen LogP contribution in [0.5, 0.6) is 0 Å². The van der Waals surface area contributed by atoms with E-state index in [0.717, 1.165) is 25.1 Å². The molecule has 0 saturated carbocycles. The molecule has 1 heterocycles. The number of amides is 1. The number of carbonyl (C=O) groups excluding carboxylic acids is 1. The molecule has 3 rings (SSSR count). The molecule has 0 radical (unpaired) electrons. The third kappa shape index (κ3) is 4.79. The van der Waals surface area contributed by atoms with Crippen LogP contribution < -0.4 is 5.32 Å². The summed E-state index contributed by atoms with van der Waals surface area (Å²) < 4.78 is 12.9. The molecule has 136 valence electrons. The fourth-order valence-electron chi connectivity index (χ4n) is 3.25. The Balaban J connectivity index is 1.47. The van der Waals surface area contributed by atoms with E-state index in [2.05, 4.69) is 40.6 Å². The summed E-state index contributed by atoms with van der Waals surface area (Å²) in [6.07, 6.45) is 3.88. The molecule has 0 aliphatic carbocycles. The Kier molecular flexibility index (Phi) is 6.18. The Morgan fingerprint density at radius 1 is 1.15 bits per heavy atom. The number of rotatable bonds is 6. The van der Waals surface area contributed by atoms with Gasteiger partial charge in [-0.15, -0.1) is 0 Å². The molecule has 2 aromatic carbocycles. The fourth-order valence-corrected chi connectivity index (χ4v) is 3.25. The van der Waals surface area contributed by atoms with Crippen molar-refractivity contribution in [3.63, 3.8) is 0 Å². The highest BCUT2D eigenvalue weighted by atomic mass is 19.1. The summed E-state index contributed by atoms with van der Waals surface area (Å²) in [6.45, 7) is 4.19. The SMILES string of the molecule is C[C@H](C(=O)NCCc1ccc(F)cc1)N1CC=C(c2ccccc2)CC1. The second-order valence-corrected chi connectivity index (χ2v) is 6.68. The highest BCUT2D eigenvalue weighted by Gasteiger charge is 2.23. The van der Waals surface area contributed by atoms with Gasteiger partial charge in [0, 0.05) is 19.6 Å². The molecule has 1 N–H and O–H groups in total. The quantitative estimate of drug-likeness (QED) is 0.860. The number of halogens is 1. The van der Waals surface area contributed by atoms with Crippen LogP contribution in [0.1, 0.15) is 24.5 Å². The van der Waals surface area contributed by atoms with Crippen molar-refractivity contribution in [2.45, 2.75) is 25.8 Å². The van der Waals surface area contributed by atoms with Crippen LogP contribution in [0.25, 0.3) is 5.57 Å². The van der Waals surface area contributed by atoms with Crippen molar-refractivity contribution >= 4 is 11.5 Å². The molecule has 0 spiro atoms. The zero-order chi connectivity index (χ0) is 18.4. The molecule has 3 nitrogen and oxygen atoms in total. The Bertz CT molecular complexity index is 755. The second kappa shape index (κ2) is 8.77. The van der Waals surface area contributed by atoms with Crippen LogP contribution in [0.3, 0.4) is 0 Å². The predicted octanol–water partition coefficient (Wildman–Crippen LogP) is 3.66. The molecule has 4 heteroatoms. The van der Waals surface area contributed by atoms with Crippen molar-refractivity contribution in [1.29, 1.82) is 0 Å². The largest absolute Gasteiger partial charge is 0.354 e. The number of nitrogens with zero attached hydrogens (tertiary/aromatic N) is 1. The topological polar surface area (TPSA) is 32.3 Å². The molecular weight excluding hydrogens is 327 g/mol. The zero-order valence-corrected chi connectivity index (χ0v) is 15.1. The highest BCUT2D eigenvalue weighted by Crippen LogP contribution is 2.22. The monoisotopic (exact) mass is 352 g/mol. The van der Waals surface area contributed by atoms with Crippen LogP contribution in [0.2, 0.25) is 0 Å². The van der Waals surface area contributed by atoms with E-state index in [1.165, 1.54) is 23.3 Å². The van der Waals surface area contributed by atoms with Crippen LogP contribution in [-0.4, -0.2) is 36.5 Å². The first-order chi connectivity index (χ1) is 12.6. The average molecular weight is 352 g/mol. The van der Waals surface area contributed by atoms with Gasteiger partial charge in [-0.25, -0.2) is 4.39 Å². The van der Waals surface area contributed by atoms with Gasteiger partial charge < -0.3 is 5.32 Å². The third-order valence-electron chi connectivity index (χ3n) is 4.94. The van der Waals surface area contributed by atoms with Gasteiger partial charge in [0.1, 0.15) is 5.82 Å². The van der Waals surface area contributed by atoms with Gasteiger partial charge in [0.05, 0.1) is 6.04 Å². The third-order valence-corrected chi connectivity index (χ3v) is 4.94. The Morgan fingerprint density at radius 2 is 1.88 bits per heavy atom. The van der Waals surface area contributed by atoms with E-state index >= 15 is 0 Å². The van der Waals surface area contributed by atoms with Crippen LogP contribution in [-0.2, 0) is 11.2 Å². The number of hydrogen-bond donors (Lipinski definition) is 1. The molecule has 0 bridgehead atoms. The summed E-state index contributed by atoms with van der Waals surface area (Å²) in [5, 5.41) is 2.99. The van der Waals surface area contributed by atoms with Gasteiger partial charge in [0.15, 0.2) is 0 Å². The summed E-state index contributed by atoms with van der Waals surface area (Å²) in [6, 6.07) is 16.7. The zero-order valence-electron chi connectivity index (χ0n) is 15.1. The second-order valence-electron chi connectivity index (χ2n) is 6.68. The standard InChI is InChI=1S/C22H25FN2O/c1-17(22(26)24-14-11-18-7-9-21(23)10-8-18)25-15-12-20(13-16-25)19-5-3-2-4-6-19/h2-10,12,17H,11,13-16H2,1H3,(H,24,26)/t17-/m1/s1.